The maximum atomic E-state index is 12.9. The van der Waals surface area contributed by atoms with Gasteiger partial charge in [-0.25, -0.2) is 0 Å². The number of hydrogen-bond acceptors (Lipinski definition) is 4. The number of carbonyl (C=O) groups excluding carboxylic acids is 1. The van der Waals surface area contributed by atoms with Crippen molar-refractivity contribution < 1.29 is 14.3 Å². The lowest BCUT2D eigenvalue weighted by atomic mass is 9.82. The molecular weight excluding hydrogens is 396 g/mol. The summed E-state index contributed by atoms with van der Waals surface area (Å²) < 4.78 is 12.8. The molecule has 0 aliphatic heterocycles. The average molecular weight is 423 g/mol. The van der Waals surface area contributed by atoms with Gasteiger partial charge >= 0.3 is 0 Å². The lowest BCUT2D eigenvalue weighted by molar-refractivity contribution is -0.00463. The topological polar surface area (TPSA) is 52.8 Å². The summed E-state index contributed by atoms with van der Waals surface area (Å²) in [7, 11) is 3.29. The van der Waals surface area contributed by atoms with Gasteiger partial charge in [0, 0.05) is 29.8 Å². The van der Waals surface area contributed by atoms with E-state index in [1.165, 1.54) is 12.0 Å². The standard InChI is InChI=1S/C21H27ClN2O3S/c1-21(2,3)18-12-24(11-13-8-15(9-13)26-4)20(28-18)23-19(25)16-10-14(22)6-7-17(16)27-5/h6-7,10,12-13,15H,8-9,11H2,1-5H3/t13-,15+. The second-order valence-electron chi connectivity index (χ2n) is 8.24. The minimum absolute atomic E-state index is 0.00828. The third-order valence-electron chi connectivity index (χ3n) is 5.03. The first-order valence-corrected chi connectivity index (χ1v) is 10.6. The number of ether oxygens (including phenoxy) is 2. The van der Waals surface area contributed by atoms with Gasteiger partial charge in [-0.1, -0.05) is 32.4 Å². The number of thiazole rings is 1. The van der Waals surface area contributed by atoms with E-state index in [0.29, 0.717) is 33.2 Å². The Bertz CT molecular complexity index is 920. The molecule has 0 N–H and O–H groups in total. The predicted octanol–water partition coefficient (Wildman–Crippen LogP) is 4.68. The van der Waals surface area contributed by atoms with Crippen molar-refractivity contribution in [3.05, 3.63) is 44.7 Å². The van der Waals surface area contributed by atoms with Crippen LogP contribution in [0.3, 0.4) is 0 Å². The van der Waals surface area contributed by atoms with E-state index in [4.69, 9.17) is 21.1 Å². The van der Waals surface area contributed by atoms with E-state index in [2.05, 4.69) is 36.5 Å². The third kappa shape index (κ3) is 4.67. The molecule has 3 rings (SSSR count). The summed E-state index contributed by atoms with van der Waals surface area (Å²) in [6.07, 6.45) is 4.56. The van der Waals surface area contributed by atoms with Crippen LogP contribution in [-0.2, 0) is 16.7 Å². The van der Waals surface area contributed by atoms with E-state index in [0.717, 1.165) is 19.4 Å². The van der Waals surface area contributed by atoms with Crippen molar-refractivity contribution in [1.29, 1.82) is 0 Å². The van der Waals surface area contributed by atoms with Crippen molar-refractivity contribution >= 4 is 28.8 Å². The Morgan fingerprint density at radius 1 is 1.32 bits per heavy atom. The second-order valence-corrected chi connectivity index (χ2v) is 9.68. The number of nitrogens with zero attached hydrogens (tertiary/aromatic N) is 2. The van der Waals surface area contributed by atoms with Gasteiger partial charge in [0.15, 0.2) is 4.80 Å². The molecule has 1 saturated carbocycles. The largest absolute Gasteiger partial charge is 0.496 e. The van der Waals surface area contributed by atoms with Gasteiger partial charge < -0.3 is 14.0 Å². The molecule has 0 unspecified atom stereocenters. The maximum Gasteiger partial charge on any atom is 0.283 e. The van der Waals surface area contributed by atoms with Crippen molar-refractivity contribution in [2.45, 2.75) is 51.7 Å². The number of hydrogen-bond donors (Lipinski definition) is 0. The molecule has 1 aromatic carbocycles. The number of methoxy groups -OCH3 is 2. The van der Waals surface area contributed by atoms with Crippen LogP contribution in [0.5, 0.6) is 5.75 Å². The lowest BCUT2D eigenvalue weighted by Crippen LogP contribution is -2.35. The number of carbonyl (C=O) groups is 1. The van der Waals surface area contributed by atoms with Gasteiger partial charge in [-0.3, -0.25) is 4.79 Å². The van der Waals surface area contributed by atoms with Crippen LogP contribution < -0.4 is 9.54 Å². The molecular formula is C21H27ClN2O3S. The molecule has 1 aliphatic carbocycles. The van der Waals surface area contributed by atoms with E-state index < -0.39 is 0 Å². The number of amides is 1. The highest BCUT2D eigenvalue weighted by Crippen LogP contribution is 2.32. The first kappa shape index (κ1) is 21.1. The molecule has 0 atom stereocenters. The molecule has 1 aromatic heterocycles. The quantitative estimate of drug-likeness (QED) is 0.703. The number of rotatable bonds is 5. The summed E-state index contributed by atoms with van der Waals surface area (Å²) in [6, 6.07) is 4.99. The Morgan fingerprint density at radius 2 is 2.04 bits per heavy atom. The zero-order valence-corrected chi connectivity index (χ0v) is 18.6. The van der Waals surface area contributed by atoms with Gasteiger partial charge in [-0.15, -0.1) is 11.3 Å². The minimum Gasteiger partial charge on any atom is -0.496 e. The number of halogens is 1. The van der Waals surface area contributed by atoms with E-state index in [-0.39, 0.29) is 11.3 Å². The van der Waals surface area contributed by atoms with Gasteiger partial charge in [0.05, 0.1) is 18.8 Å². The molecule has 152 valence electrons. The van der Waals surface area contributed by atoms with Gasteiger partial charge in [0.25, 0.3) is 5.91 Å². The van der Waals surface area contributed by atoms with Crippen LogP contribution in [0.1, 0.15) is 48.8 Å². The van der Waals surface area contributed by atoms with E-state index in [1.54, 1.807) is 36.6 Å². The zero-order valence-electron chi connectivity index (χ0n) is 17.0. The molecule has 2 aromatic rings. The summed E-state index contributed by atoms with van der Waals surface area (Å²) in [6.45, 7) is 7.34. The van der Waals surface area contributed by atoms with Crippen LogP contribution in [0, 0.1) is 5.92 Å². The van der Waals surface area contributed by atoms with Gasteiger partial charge in [0.1, 0.15) is 5.75 Å². The molecule has 0 radical (unpaired) electrons. The number of benzene rings is 1. The molecule has 0 spiro atoms. The Kier molecular flexibility index (Phi) is 6.32. The van der Waals surface area contributed by atoms with Crippen molar-refractivity contribution in [2.75, 3.05) is 14.2 Å². The molecule has 1 amide bonds. The fourth-order valence-electron chi connectivity index (χ4n) is 3.23. The second kappa shape index (κ2) is 8.39. The monoisotopic (exact) mass is 422 g/mol. The SMILES string of the molecule is COc1ccc(Cl)cc1C(=O)N=c1sc(C(C)(C)C)cn1C[C@H]1C[C@@H](OC)C1. The fraction of sp³-hybridized carbons (Fsp3) is 0.524. The number of aromatic nitrogens is 1. The maximum absolute atomic E-state index is 12.9. The van der Waals surface area contributed by atoms with Crippen molar-refractivity contribution in [3.8, 4) is 5.75 Å². The molecule has 0 bridgehead atoms. The minimum atomic E-state index is -0.348. The van der Waals surface area contributed by atoms with Crippen LogP contribution in [0.4, 0.5) is 0 Å². The molecule has 1 aliphatic rings. The van der Waals surface area contributed by atoms with E-state index in [1.807, 2.05) is 0 Å². The average Bonchev–Trinajstić information content (AvgIpc) is 3.00. The van der Waals surface area contributed by atoms with Crippen molar-refractivity contribution in [2.24, 2.45) is 10.9 Å². The van der Waals surface area contributed by atoms with Crippen molar-refractivity contribution in [3.63, 3.8) is 0 Å². The summed E-state index contributed by atoms with van der Waals surface area (Å²) in [5, 5.41) is 0.480. The summed E-state index contributed by atoms with van der Waals surface area (Å²) in [5.74, 6) is 0.667. The Hall–Kier alpha value is -1.63. The fourth-order valence-corrected chi connectivity index (χ4v) is 4.46. The highest BCUT2D eigenvalue weighted by Gasteiger charge is 2.30. The molecule has 1 fully saturated rings. The van der Waals surface area contributed by atoms with Crippen LogP contribution in [0.15, 0.2) is 29.4 Å². The highest BCUT2D eigenvalue weighted by atomic mass is 35.5. The first-order chi connectivity index (χ1) is 13.2. The first-order valence-electron chi connectivity index (χ1n) is 9.37. The Labute approximate surface area is 175 Å². The third-order valence-corrected chi connectivity index (χ3v) is 6.71. The van der Waals surface area contributed by atoms with E-state index in [9.17, 15) is 4.79 Å². The Morgan fingerprint density at radius 3 is 2.64 bits per heavy atom. The molecule has 28 heavy (non-hydrogen) atoms. The van der Waals surface area contributed by atoms with Crippen LogP contribution >= 0.6 is 22.9 Å². The zero-order chi connectivity index (χ0) is 20.5. The summed E-state index contributed by atoms with van der Waals surface area (Å²) in [4.78, 5) is 19.2. The molecule has 5 nitrogen and oxygen atoms in total. The predicted molar refractivity (Wildman–Crippen MR) is 112 cm³/mol. The van der Waals surface area contributed by atoms with Crippen molar-refractivity contribution in [1.82, 2.24) is 4.57 Å². The lowest BCUT2D eigenvalue weighted by Gasteiger charge is -2.34. The summed E-state index contributed by atoms with van der Waals surface area (Å²) in [5.41, 5.74) is 0.362. The normalized spacial score (nSPS) is 20.1. The van der Waals surface area contributed by atoms with Crippen LogP contribution in [0.25, 0.3) is 0 Å². The Balaban J connectivity index is 1.96. The smallest absolute Gasteiger partial charge is 0.283 e. The van der Waals surface area contributed by atoms with Gasteiger partial charge in [0.2, 0.25) is 0 Å². The molecule has 1 heterocycles. The van der Waals surface area contributed by atoms with Crippen LogP contribution in [-0.4, -0.2) is 30.8 Å². The van der Waals surface area contributed by atoms with Gasteiger partial charge in [-0.2, -0.15) is 4.99 Å². The van der Waals surface area contributed by atoms with E-state index >= 15 is 0 Å². The highest BCUT2D eigenvalue weighted by molar-refractivity contribution is 7.09. The van der Waals surface area contributed by atoms with Gasteiger partial charge in [-0.05, 0) is 42.4 Å². The molecule has 0 saturated heterocycles. The summed E-state index contributed by atoms with van der Waals surface area (Å²) >= 11 is 7.64. The van der Waals surface area contributed by atoms with Crippen LogP contribution in [0.2, 0.25) is 5.02 Å². The molecule has 7 heteroatoms.